The minimum atomic E-state index is -0.186. The van der Waals surface area contributed by atoms with Crippen LogP contribution >= 0.6 is 0 Å². The Morgan fingerprint density at radius 3 is 2.81 bits per heavy atom. The zero-order valence-corrected chi connectivity index (χ0v) is 11.5. The molecule has 21 heavy (non-hydrogen) atoms. The number of pyridine rings is 1. The first-order chi connectivity index (χ1) is 10.1. The van der Waals surface area contributed by atoms with E-state index >= 15 is 0 Å². The number of hydrogen-bond donors (Lipinski definition) is 2. The SMILES string of the molecule is Cc1cc(O)ccc1NC(=O)c1ccc2ncccc2c1. The minimum Gasteiger partial charge on any atom is -0.508 e. The van der Waals surface area contributed by atoms with Gasteiger partial charge in [0.25, 0.3) is 5.91 Å². The fourth-order valence-corrected chi connectivity index (χ4v) is 2.20. The van der Waals surface area contributed by atoms with Crippen LogP contribution in [0.5, 0.6) is 5.75 Å². The fourth-order valence-electron chi connectivity index (χ4n) is 2.20. The Morgan fingerprint density at radius 1 is 1.14 bits per heavy atom. The maximum atomic E-state index is 12.3. The second-order valence-electron chi connectivity index (χ2n) is 4.86. The van der Waals surface area contributed by atoms with Gasteiger partial charge in [-0.3, -0.25) is 9.78 Å². The molecule has 4 heteroatoms. The number of anilines is 1. The zero-order chi connectivity index (χ0) is 14.8. The van der Waals surface area contributed by atoms with Gasteiger partial charge in [-0.25, -0.2) is 0 Å². The van der Waals surface area contributed by atoms with Crippen LogP contribution < -0.4 is 5.32 Å². The van der Waals surface area contributed by atoms with Crippen LogP contribution in [0, 0.1) is 6.92 Å². The molecule has 3 rings (SSSR count). The first-order valence-corrected chi connectivity index (χ1v) is 6.59. The molecule has 0 aliphatic carbocycles. The number of phenolic OH excluding ortho intramolecular Hbond substituents is 1. The van der Waals surface area contributed by atoms with Crippen molar-refractivity contribution in [1.29, 1.82) is 0 Å². The first-order valence-electron chi connectivity index (χ1n) is 6.59. The molecular formula is C17H14N2O2. The molecule has 104 valence electrons. The molecule has 4 nitrogen and oxygen atoms in total. The molecule has 0 bridgehead atoms. The summed E-state index contributed by atoms with van der Waals surface area (Å²) in [6.07, 6.45) is 1.72. The quantitative estimate of drug-likeness (QED) is 0.705. The third-order valence-corrected chi connectivity index (χ3v) is 3.32. The van der Waals surface area contributed by atoms with Crippen molar-refractivity contribution in [2.75, 3.05) is 5.32 Å². The van der Waals surface area contributed by atoms with Crippen molar-refractivity contribution in [1.82, 2.24) is 4.98 Å². The minimum absolute atomic E-state index is 0.183. The molecule has 0 saturated carbocycles. The molecule has 0 saturated heterocycles. The van der Waals surface area contributed by atoms with E-state index in [1.165, 1.54) is 0 Å². The van der Waals surface area contributed by atoms with Crippen LogP contribution in [-0.2, 0) is 0 Å². The first kappa shape index (κ1) is 13.1. The van der Waals surface area contributed by atoms with Gasteiger partial charge >= 0.3 is 0 Å². The summed E-state index contributed by atoms with van der Waals surface area (Å²) >= 11 is 0. The number of amides is 1. The molecule has 0 aliphatic heterocycles. The molecule has 1 amide bonds. The third kappa shape index (κ3) is 2.69. The van der Waals surface area contributed by atoms with E-state index in [-0.39, 0.29) is 11.7 Å². The lowest BCUT2D eigenvalue weighted by atomic mass is 10.1. The smallest absolute Gasteiger partial charge is 0.255 e. The summed E-state index contributed by atoms with van der Waals surface area (Å²) in [6, 6.07) is 14.0. The molecule has 1 aromatic heterocycles. The summed E-state index contributed by atoms with van der Waals surface area (Å²) in [5, 5.41) is 13.2. The molecule has 0 radical (unpaired) electrons. The Hall–Kier alpha value is -2.88. The van der Waals surface area contributed by atoms with Gasteiger partial charge in [-0.2, -0.15) is 0 Å². The molecule has 2 aromatic carbocycles. The largest absolute Gasteiger partial charge is 0.508 e. The molecule has 0 atom stereocenters. The Bertz CT molecular complexity index is 828. The molecule has 0 unspecified atom stereocenters. The van der Waals surface area contributed by atoms with Crippen molar-refractivity contribution >= 4 is 22.5 Å². The van der Waals surface area contributed by atoms with Gasteiger partial charge in [-0.15, -0.1) is 0 Å². The van der Waals surface area contributed by atoms with Gasteiger partial charge < -0.3 is 10.4 Å². The topological polar surface area (TPSA) is 62.2 Å². The highest BCUT2D eigenvalue weighted by atomic mass is 16.3. The highest BCUT2D eigenvalue weighted by molar-refractivity contribution is 6.06. The number of nitrogens with zero attached hydrogens (tertiary/aromatic N) is 1. The van der Waals surface area contributed by atoms with Gasteiger partial charge in [0, 0.05) is 22.8 Å². The van der Waals surface area contributed by atoms with Gasteiger partial charge in [0.1, 0.15) is 5.75 Å². The fraction of sp³-hybridized carbons (Fsp3) is 0.0588. The van der Waals surface area contributed by atoms with Crippen molar-refractivity contribution in [2.45, 2.75) is 6.92 Å². The second kappa shape index (κ2) is 5.25. The summed E-state index contributed by atoms with van der Waals surface area (Å²) in [5.41, 5.74) is 2.92. The number of carbonyl (C=O) groups excluding carboxylic acids is 1. The normalized spacial score (nSPS) is 10.5. The van der Waals surface area contributed by atoms with Crippen LogP contribution in [-0.4, -0.2) is 16.0 Å². The molecule has 0 spiro atoms. The van der Waals surface area contributed by atoms with Gasteiger partial charge in [-0.05, 0) is 55.0 Å². The third-order valence-electron chi connectivity index (χ3n) is 3.32. The summed E-state index contributed by atoms with van der Waals surface area (Å²) in [5.74, 6) is -0.00294. The van der Waals surface area contributed by atoms with E-state index in [2.05, 4.69) is 10.3 Å². The van der Waals surface area contributed by atoms with Crippen LogP contribution in [0.4, 0.5) is 5.69 Å². The lowest BCUT2D eigenvalue weighted by Crippen LogP contribution is -2.12. The number of carbonyl (C=O) groups is 1. The van der Waals surface area contributed by atoms with Gasteiger partial charge in [-0.1, -0.05) is 6.07 Å². The Labute approximate surface area is 122 Å². The molecular weight excluding hydrogens is 264 g/mol. The van der Waals surface area contributed by atoms with Crippen LogP contribution in [0.15, 0.2) is 54.7 Å². The van der Waals surface area contributed by atoms with E-state index in [0.29, 0.717) is 11.3 Å². The summed E-state index contributed by atoms with van der Waals surface area (Å²) in [4.78, 5) is 16.5. The van der Waals surface area contributed by atoms with Crippen LogP contribution in [0.25, 0.3) is 10.9 Å². The van der Waals surface area contributed by atoms with Gasteiger partial charge in [0.15, 0.2) is 0 Å². The van der Waals surface area contributed by atoms with E-state index < -0.39 is 0 Å². The molecule has 1 heterocycles. The van der Waals surface area contributed by atoms with Crippen LogP contribution in [0.1, 0.15) is 15.9 Å². The lowest BCUT2D eigenvalue weighted by Gasteiger charge is -2.09. The Kier molecular flexibility index (Phi) is 3.28. The maximum Gasteiger partial charge on any atom is 0.255 e. The number of hydrogen-bond acceptors (Lipinski definition) is 3. The van der Waals surface area contributed by atoms with Gasteiger partial charge in [0.2, 0.25) is 0 Å². The van der Waals surface area contributed by atoms with Crippen LogP contribution in [0.2, 0.25) is 0 Å². The van der Waals surface area contributed by atoms with E-state index in [1.54, 1.807) is 30.5 Å². The highest BCUT2D eigenvalue weighted by Gasteiger charge is 2.09. The average Bonchev–Trinajstić information content (AvgIpc) is 2.49. The Morgan fingerprint density at radius 2 is 2.00 bits per heavy atom. The van der Waals surface area contributed by atoms with E-state index in [4.69, 9.17) is 0 Å². The van der Waals surface area contributed by atoms with Crippen molar-refractivity contribution in [3.63, 3.8) is 0 Å². The van der Waals surface area contributed by atoms with Crippen LogP contribution in [0.3, 0.4) is 0 Å². The van der Waals surface area contributed by atoms with Crippen molar-refractivity contribution < 1.29 is 9.90 Å². The monoisotopic (exact) mass is 278 g/mol. The molecule has 2 N–H and O–H groups in total. The van der Waals surface area contributed by atoms with E-state index in [1.807, 2.05) is 31.2 Å². The number of rotatable bonds is 2. The van der Waals surface area contributed by atoms with E-state index in [9.17, 15) is 9.90 Å². The van der Waals surface area contributed by atoms with Crippen molar-refractivity contribution in [3.05, 3.63) is 65.9 Å². The highest BCUT2D eigenvalue weighted by Crippen LogP contribution is 2.21. The number of fused-ring (bicyclic) bond motifs is 1. The molecule has 0 fully saturated rings. The van der Waals surface area contributed by atoms with Crippen molar-refractivity contribution in [2.24, 2.45) is 0 Å². The predicted molar refractivity (Wildman–Crippen MR) is 82.5 cm³/mol. The lowest BCUT2D eigenvalue weighted by molar-refractivity contribution is 0.102. The maximum absolute atomic E-state index is 12.3. The summed E-state index contributed by atoms with van der Waals surface area (Å²) in [6.45, 7) is 1.83. The second-order valence-corrected chi connectivity index (χ2v) is 4.86. The number of phenols is 1. The number of aromatic nitrogens is 1. The predicted octanol–water partition coefficient (Wildman–Crippen LogP) is 3.50. The number of aryl methyl sites for hydroxylation is 1. The summed E-state index contributed by atoms with van der Waals surface area (Å²) in [7, 11) is 0. The molecule has 3 aromatic rings. The number of benzene rings is 2. The molecule has 0 aliphatic rings. The number of aromatic hydroxyl groups is 1. The average molecular weight is 278 g/mol. The zero-order valence-electron chi connectivity index (χ0n) is 11.5. The Balaban J connectivity index is 1.89. The standard InChI is InChI=1S/C17H14N2O2/c1-11-9-14(20)5-7-15(11)19-17(21)13-4-6-16-12(10-13)3-2-8-18-16/h2-10,20H,1H3,(H,19,21). The van der Waals surface area contributed by atoms with Gasteiger partial charge in [0.05, 0.1) is 5.52 Å². The number of nitrogens with one attached hydrogen (secondary N) is 1. The van der Waals surface area contributed by atoms with E-state index in [0.717, 1.165) is 16.5 Å². The summed E-state index contributed by atoms with van der Waals surface area (Å²) < 4.78 is 0. The van der Waals surface area contributed by atoms with Crippen molar-refractivity contribution in [3.8, 4) is 5.75 Å².